The molecule has 2 aromatic rings. The molecule has 0 fully saturated rings. The zero-order valence-corrected chi connectivity index (χ0v) is 10.7. The molecule has 1 N–H and O–H groups in total. The average Bonchev–Trinajstić information content (AvgIpc) is 2.83. The van der Waals surface area contributed by atoms with Gasteiger partial charge in [0.1, 0.15) is 0 Å². The molecule has 82 valence electrons. The van der Waals surface area contributed by atoms with Crippen molar-refractivity contribution in [2.45, 2.75) is 0 Å². The Morgan fingerprint density at radius 1 is 1.56 bits per heavy atom. The van der Waals surface area contributed by atoms with E-state index in [9.17, 15) is 4.79 Å². The van der Waals surface area contributed by atoms with E-state index >= 15 is 0 Å². The Morgan fingerprint density at radius 3 is 3.00 bits per heavy atom. The zero-order chi connectivity index (χ0) is 11.5. The summed E-state index contributed by atoms with van der Waals surface area (Å²) in [7, 11) is 0. The van der Waals surface area contributed by atoms with Crippen LogP contribution < -0.4 is 0 Å². The van der Waals surface area contributed by atoms with Crippen molar-refractivity contribution >= 4 is 46.0 Å². The normalized spacial score (nSPS) is 11.1. The molecule has 0 saturated carbocycles. The van der Waals surface area contributed by atoms with E-state index in [-0.39, 0.29) is 5.89 Å². The van der Waals surface area contributed by atoms with Crippen LogP contribution in [0.2, 0.25) is 0 Å². The minimum absolute atomic E-state index is 0.179. The number of halogens is 1. The summed E-state index contributed by atoms with van der Waals surface area (Å²) < 4.78 is 6.38. The number of hydrogen-bond donors (Lipinski definition) is 1. The number of nitrogens with zero attached hydrogens (tertiary/aromatic N) is 2. The summed E-state index contributed by atoms with van der Waals surface area (Å²) >= 11 is 3.77. The molecule has 5 nitrogen and oxygen atoms in total. The van der Waals surface area contributed by atoms with Crippen LogP contribution in [0, 0.1) is 2.88 Å². The van der Waals surface area contributed by atoms with E-state index in [1.165, 1.54) is 6.08 Å². The zero-order valence-electron chi connectivity index (χ0n) is 7.75. The number of thiophene rings is 1. The van der Waals surface area contributed by atoms with Gasteiger partial charge >= 0.3 is 5.97 Å². The van der Waals surface area contributed by atoms with Gasteiger partial charge in [-0.2, -0.15) is 0 Å². The Labute approximate surface area is 108 Å². The molecule has 0 aliphatic heterocycles. The van der Waals surface area contributed by atoms with Crippen molar-refractivity contribution in [3.8, 4) is 11.5 Å². The van der Waals surface area contributed by atoms with Crippen molar-refractivity contribution < 1.29 is 14.3 Å². The van der Waals surface area contributed by atoms with E-state index in [2.05, 4.69) is 32.8 Å². The maximum absolute atomic E-state index is 10.3. The number of aromatic nitrogens is 2. The second kappa shape index (κ2) is 4.74. The van der Waals surface area contributed by atoms with Crippen LogP contribution in [0.15, 0.2) is 21.9 Å². The van der Waals surface area contributed by atoms with E-state index in [0.717, 1.165) is 14.5 Å². The summed E-state index contributed by atoms with van der Waals surface area (Å²) in [5.74, 6) is -0.479. The molecule has 2 heterocycles. The van der Waals surface area contributed by atoms with Gasteiger partial charge in [0.25, 0.3) is 0 Å². The first-order valence-electron chi connectivity index (χ1n) is 4.14. The number of rotatable bonds is 3. The van der Waals surface area contributed by atoms with Gasteiger partial charge in [-0.15, -0.1) is 21.5 Å². The lowest BCUT2D eigenvalue weighted by Crippen LogP contribution is -1.85. The fourth-order valence-corrected chi connectivity index (χ4v) is 2.30. The van der Waals surface area contributed by atoms with E-state index in [4.69, 9.17) is 9.52 Å². The van der Waals surface area contributed by atoms with Crippen LogP contribution in [-0.4, -0.2) is 21.3 Å². The van der Waals surface area contributed by atoms with Crippen LogP contribution in [0.5, 0.6) is 0 Å². The van der Waals surface area contributed by atoms with Crippen molar-refractivity contribution in [3.63, 3.8) is 0 Å². The van der Waals surface area contributed by atoms with Crippen LogP contribution in [0.3, 0.4) is 0 Å². The van der Waals surface area contributed by atoms with Gasteiger partial charge in [0.05, 0.1) is 8.45 Å². The highest BCUT2D eigenvalue weighted by Gasteiger charge is 2.08. The maximum Gasteiger partial charge on any atom is 0.328 e. The molecule has 2 rings (SSSR count). The molecule has 0 amide bonds. The van der Waals surface area contributed by atoms with Gasteiger partial charge in [-0.3, -0.25) is 0 Å². The lowest BCUT2D eigenvalue weighted by Gasteiger charge is -1.84. The number of carbonyl (C=O) groups is 1. The molecule has 0 aromatic carbocycles. The Hall–Kier alpha value is -1.22. The third-order valence-electron chi connectivity index (χ3n) is 1.62. The first kappa shape index (κ1) is 11.3. The highest BCUT2D eigenvalue weighted by atomic mass is 127. The molecule has 2 aromatic heterocycles. The smallest absolute Gasteiger partial charge is 0.328 e. The lowest BCUT2D eigenvalue weighted by atomic mass is 10.3. The van der Waals surface area contributed by atoms with E-state index in [1.54, 1.807) is 11.3 Å². The topological polar surface area (TPSA) is 76.2 Å². The summed E-state index contributed by atoms with van der Waals surface area (Å²) in [5, 5.41) is 17.9. The second-order valence-corrected chi connectivity index (χ2v) is 5.56. The largest absolute Gasteiger partial charge is 0.478 e. The van der Waals surface area contributed by atoms with Crippen LogP contribution in [0.25, 0.3) is 17.5 Å². The minimum Gasteiger partial charge on any atom is -0.478 e. The van der Waals surface area contributed by atoms with Crippen molar-refractivity contribution in [1.29, 1.82) is 0 Å². The number of aliphatic carboxylic acids is 1. The molecule has 0 aliphatic carbocycles. The number of carboxylic acids is 1. The first-order valence-corrected chi connectivity index (χ1v) is 6.10. The monoisotopic (exact) mass is 348 g/mol. The quantitative estimate of drug-likeness (QED) is 0.681. The second-order valence-electron chi connectivity index (χ2n) is 2.76. The van der Waals surface area contributed by atoms with Crippen molar-refractivity contribution in [1.82, 2.24) is 10.2 Å². The molecule has 0 bridgehead atoms. The third-order valence-corrected chi connectivity index (χ3v) is 3.41. The molecular formula is C9H5IN2O3S. The SMILES string of the molecule is O=C(O)/C=C/c1nnc(-c2csc(I)c2)o1. The van der Waals surface area contributed by atoms with Gasteiger partial charge in [0, 0.05) is 17.5 Å². The van der Waals surface area contributed by atoms with Crippen molar-refractivity contribution in [2.24, 2.45) is 0 Å². The Balaban J connectivity index is 2.23. The van der Waals surface area contributed by atoms with E-state index in [1.807, 2.05) is 11.4 Å². The lowest BCUT2D eigenvalue weighted by molar-refractivity contribution is -0.131. The highest BCUT2D eigenvalue weighted by molar-refractivity contribution is 14.1. The van der Waals surface area contributed by atoms with Gasteiger partial charge in [-0.1, -0.05) is 0 Å². The van der Waals surface area contributed by atoms with Gasteiger partial charge < -0.3 is 9.52 Å². The minimum atomic E-state index is -1.05. The summed E-state index contributed by atoms with van der Waals surface area (Å²) in [6.07, 6.45) is 2.21. The van der Waals surface area contributed by atoms with Crippen LogP contribution in [0.1, 0.15) is 5.89 Å². The van der Waals surface area contributed by atoms with Crippen LogP contribution >= 0.6 is 33.9 Å². The maximum atomic E-state index is 10.3. The summed E-state index contributed by atoms with van der Waals surface area (Å²) in [5.41, 5.74) is 0.844. The molecule has 0 saturated heterocycles. The highest BCUT2D eigenvalue weighted by Crippen LogP contribution is 2.25. The molecule has 0 spiro atoms. The standard InChI is InChI=1S/C9H5IN2O3S/c10-6-3-5(4-16-6)9-12-11-7(15-9)1-2-8(13)14/h1-4H,(H,13,14)/b2-1+. The van der Waals surface area contributed by atoms with Gasteiger partial charge in [-0.25, -0.2) is 4.79 Å². The van der Waals surface area contributed by atoms with Gasteiger partial charge in [-0.05, 0) is 28.7 Å². The summed E-state index contributed by atoms with van der Waals surface area (Å²) in [6.45, 7) is 0. The van der Waals surface area contributed by atoms with Gasteiger partial charge in [0.2, 0.25) is 11.8 Å². The van der Waals surface area contributed by atoms with Crippen LogP contribution in [0.4, 0.5) is 0 Å². The molecule has 16 heavy (non-hydrogen) atoms. The third kappa shape index (κ3) is 2.67. The first-order chi connectivity index (χ1) is 7.65. The average molecular weight is 348 g/mol. The Bertz CT molecular complexity index is 546. The number of carboxylic acid groups (broad SMARTS) is 1. The predicted molar refractivity (Wildman–Crippen MR) is 67.0 cm³/mol. The summed E-state index contributed by atoms with van der Waals surface area (Å²) in [6, 6.07) is 1.92. The van der Waals surface area contributed by atoms with Crippen LogP contribution in [-0.2, 0) is 4.79 Å². The number of hydrogen-bond acceptors (Lipinski definition) is 5. The van der Waals surface area contributed by atoms with Crippen molar-refractivity contribution in [3.05, 3.63) is 26.3 Å². The molecule has 7 heteroatoms. The fraction of sp³-hybridized carbons (Fsp3) is 0. The molecular weight excluding hydrogens is 343 g/mol. The predicted octanol–water partition coefficient (Wildman–Crippen LogP) is 2.50. The van der Waals surface area contributed by atoms with E-state index < -0.39 is 5.97 Å². The van der Waals surface area contributed by atoms with E-state index in [0.29, 0.717) is 5.89 Å². The Morgan fingerprint density at radius 2 is 2.38 bits per heavy atom. The Kier molecular flexibility index (Phi) is 3.34. The molecule has 0 radical (unpaired) electrons. The summed E-state index contributed by atoms with van der Waals surface area (Å²) in [4.78, 5) is 10.3. The molecule has 0 aliphatic rings. The van der Waals surface area contributed by atoms with Crippen molar-refractivity contribution in [2.75, 3.05) is 0 Å². The van der Waals surface area contributed by atoms with Gasteiger partial charge in [0.15, 0.2) is 0 Å². The fourth-order valence-electron chi connectivity index (χ4n) is 0.983. The molecule has 0 unspecified atom stereocenters. The molecule has 0 atom stereocenters.